The zero-order valence-electron chi connectivity index (χ0n) is 12.8. The summed E-state index contributed by atoms with van der Waals surface area (Å²) >= 11 is 0. The second-order valence-electron chi connectivity index (χ2n) is 5.96. The van der Waals surface area contributed by atoms with Gasteiger partial charge in [0.05, 0.1) is 5.92 Å². The van der Waals surface area contributed by atoms with Crippen molar-refractivity contribution in [3.8, 4) is 11.1 Å². The van der Waals surface area contributed by atoms with Crippen LogP contribution in [-0.4, -0.2) is 0 Å². The molecule has 0 aliphatic heterocycles. The van der Waals surface area contributed by atoms with E-state index in [1.807, 2.05) is 13.0 Å². The van der Waals surface area contributed by atoms with Crippen molar-refractivity contribution in [3.05, 3.63) is 88.9 Å². The van der Waals surface area contributed by atoms with Crippen LogP contribution >= 0.6 is 0 Å². The molecule has 1 heteroatoms. The standard InChI is InChI=1S/C21H18O/c1-14-6-9-16(10-7-14)17-4-3-5-18-19(17)11-12-20(18)21-13-8-15(2)22-21/h3-13,20H,1-2H3. The van der Waals surface area contributed by atoms with Crippen LogP contribution in [0.2, 0.25) is 0 Å². The number of hydrogen-bond donors (Lipinski definition) is 0. The highest BCUT2D eigenvalue weighted by Gasteiger charge is 2.23. The minimum Gasteiger partial charge on any atom is -0.465 e. The number of allylic oxidation sites excluding steroid dienone is 1. The normalized spacial score (nSPS) is 16.0. The minimum atomic E-state index is 0.231. The van der Waals surface area contributed by atoms with Gasteiger partial charge < -0.3 is 4.42 Å². The molecule has 1 aromatic heterocycles. The summed E-state index contributed by atoms with van der Waals surface area (Å²) in [5.41, 5.74) is 6.48. The van der Waals surface area contributed by atoms with Crippen LogP contribution in [0.3, 0.4) is 0 Å². The van der Waals surface area contributed by atoms with Gasteiger partial charge in [-0.05, 0) is 48.2 Å². The highest BCUT2D eigenvalue weighted by molar-refractivity contribution is 5.81. The lowest BCUT2D eigenvalue weighted by Crippen LogP contribution is -1.95. The fraction of sp³-hybridized carbons (Fsp3) is 0.143. The van der Waals surface area contributed by atoms with Crippen molar-refractivity contribution in [2.45, 2.75) is 19.8 Å². The van der Waals surface area contributed by atoms with Crippen LogP contribution < -0.4 is 0 Å². The number of rotatable bonds is 2. The minimum absolute atomic E-state index is 0.231. The van der Waals surface area contributed by atoms with Gasteiger partial charge in [-0.1, -0.05) is 60.2 Å². The third kappa shape index (κ3) is 2.10. The molecule has 0 fully saturated rings. The van der Waals surface area contributed by atoms with E-state index in [1.165, 1.54) is 27.8 Å². The molecular weight excluding hydrogens is 268 g/mol. The molecule has 1 heterocycles. The second-order valence-corrected chi connectivity index (χ2v) is 5.96. The highest BCUT2D eigenvalue weighted by atomic mass is 16.3. The zero-order valence-corrected chi connectivity index (χ0v) is 12.8. The summed E-state index contributed by atoms with van der Waals surface area (Å²) < 4.78 is 5.83. The summed E-state index contributed by atoms with van der Waals surface area (Å²) in [5, 5.41) is 0. The van der Waals surface area contributed by atoms with Gasteiger partial charge in [0.15, 0.2) is 0 Å². The molecule has 0 radical (unpaired) electrons. The summed E-state index contributed by atoms with van der Waals surface area (Å²) in [6, 6.07) is 19.4. The molecule has 1 nitrogen and oxygen atoms in total. The van der Waals surface area contributed by atoms with Gasteiger partial charge in [0, 0.05) is 0 Å². The smallest absolute Gasteiger partial charge is 0.115 e. The van der Waals surface area contributed by atoms with Crippen molar-refractivity contribution < 1.29 is 4.42 Å². The molecule has 4 rings (SSSR count). The topological polar surface area (TPSA) is 13.1 Å². The Bertz CT molecular complexity index is 850. The summed E-state index contributed by atoms with van der Waals surface area (Å²) in [6.45, 7) is 4.11. The first-order valence-electron chi connectivity index (χ1n) is 7.67. The second kappa shape index (κ2) is 5.03. The average Bonchev–Trinajstić information content (AvgIpc) is 3.13. The molecule has 108 valence electrons. The number of furan rings is 1. The Morgan fingerprint density at radius 2 is 1.68 bits per heavy atom. The Morgan fingerprint density at radius 1 is 0.864 bits per heavy atom. The van der Waals surface area contributed by atoms with Gasteiger partial charge in [0.1, 0.15) is 11.5 Å². The molecule has 0 bridgehead atoms. The molecule has 0 saturated carbocycles. The van der Waals surface area contributed by atoms with E-state index in [0.717, 1.165) is 11.5 Å². The predicted molar refractivity (Wildman–Crippen MR) is 90.9 cm³/mol. The SMILES string of the molecule is Cc1ccc(-c2cccc3c2C=CC3c2ccc(C)o2)cc1. The fourth-order valence-corrected chi connectivity index (χ4v) is 3.19. The van der Waals surface area contributed by atoms with E-state index in [1.54, 1.807) is 0 Å². The van der Waals surface area contributed by atoms with Gasteiger partial charge in [-0.3, -0.25) is 0 Å². The number of aryl methyl sites for hydroxylation is 2. The Morgan fingerprint density at radius 3 is 2.41 bits per heavy atom. The van der Waals surface area contributed by atoms with E-state index in [4.69, 9.17) is 4.42 Å². The molecule has 0 amide bonds. The number of hydrogen-bond acceptors (Lipinski definition) is 1. The Kier molecular flexibility index (Phi) is 3.00. The van der Waals surface area contributed by atoms with Crippen molar-refractivity contribution in [2.24, 2.45) is 0 Å². The van der Waals surface area contributed by atoms with Gasteiger partial charge in [0.25, 0.3) is 0 Å². The van der Waals surface area contributed by atoms with Gasteiger partial charge >= 0.3 is 0 Å². The summed E-state index contributed by atoms with van der Waals surface area (Å²) in [5.74, 6) is 2.22. The van der Waals surface area contributed by atoms with E-state index in [0.29, 0.717) is 0 Å². The molecule has 1 aliphatic rings. The van der Waals surface area contributed by atoms with Crippen LogP contribution in [0.1, 0.15) is 34.1 Å². The van der Waals surface area contributed by atoms with Crippen molar-refractivity contribution in [2.75, 3.05) is 0 Å². The average molecular weight is 286 g/mol. The largest absolute Gasteiger partial charge is 0.465 e. The van der Waals surface area contributed by atoms with Gasteiger partial charge in [0.2, 0.25) is 0 Å². The van der Waals surface area contributed by atoms with Crippen LogP contribution in [0.25, 0.3) is 17.2 Å². The first-order chi connectivity index (χ1) is 10.7. The van der Waals surface area contributed by atoms with Gasteiger partial charge in [-0.15, -0.1) is 0 Å². The molecule has 0 saturated heterocycles. The summed E-state index contributed by atoms with van der Waals surface area (Å²) in [4.78, 5) is 0. The van der Waals surface area contributed by atoms with Crippen molar-refractivity contribution >= 4 is 6.08 Å². The molecular formula is C21H18O. The lowest BCUT2D eigenvalue weighted by Gasteiger charge is -2.12. The van der Waals surface area contributed by atoms with Crippen LogP contribution in [0, 0.1) is 13.8 Å². The zero-order chi connectivity index (χ0) is 15.1. The molecule has 1 unspecified atom stereocenters. The summed E-state index contributed by atoms with van der Waals surface area (Å²) in [6.07, 6.45) is 4.47. The Labute approximate surface area is 130 Å². The Hall–Kier alpha value is -2.54. The Balaban J connectivity index is 1.81. The number of benzene rings is 2. The molecule has 22 heavy (non-hydrogen) atoms. The van der Waals surface area contributed by atoms with Crippen LogP contribution in [0.15, 0.2) is 65.1 Å². The van der Waals surface area contributed by atoms with Gasteiger partial charge in [-0.2, -0.15) is 0 Å². The molecule has 0 spiro atoms. The first kappa shape index (κ1) is 13.1. The molecule has 1 aliphatic carbocycles. The van der Waals surface area contributed by atoms with E-state index in [9.17, 15) is 0 Å². The third-order valence-corrected chi connectivity index (χ3v) is 4.36. The monoisotopic (exact) mass is 286 g/mol. The third-order valence-electron chi connectivity index (χ3n) is 4.36. The van der Waals surface area contributed by atoms with Crippen LogP contribution in [0.5, 0.6) is 0 Å². The number of fused-ring (bicyclic) bond motifs is 1. The lowest BCUT2D eigenvalue weighted by molar-refractivity contribution is 0.482. The first-order valence-corrected chi connectivity index (χ1v) is 7.67. The van der Waals surface area contributed by atoms with Crippen LogP contribution in [-0.2, 0) is 0 Å². The molecule has 0 N–H and O–H groups in total. The quantitative estimate of drug-likeness (QED) is 0.587. The molecule has 3 aromatic rings. The van der Waals surface area contributed by atoms with E-state index < -0.39 is 0 Å². The van der Waals surface area contributed by atoms with E-state index in [2.05, 4.69) is 67.6 Å². The van der Waals surface area contributed by atoms with Crippen molar-refractivity contribution in [3.63, 3.8) is 0 Å². The predicted octanol–water partition coefficient (Wildman–Crippen LogP) is 5.72. The molecule has 2 aromatic carbocycles. The van der Waals surface area contributed by atoms with Crippen molar-refractivity contribution in [1.29, 1.82) is 0 Å². The van der Waals surface area contributed by atoms with E-state index >= 15 is 0 Å². The lowest BCUT2D eigenvalue weighted by atomic mass is 9.92. The maximum atomic E-state index is 5.83. The van der Waals surface area contributed by atoms with Crippen LogP contribution in [0.4, 0.5) is 0 Å². The maximum absolute atomic E-state index is 5.83. The van der Waals surface area contributed by atoms with Gasteiger partial charge in [-0.25, -0.2) is 0 Å². The fourth-order valence-electron chi connectivity index (χ4n) is 3.19. The maximum Gasteiger partial charge on any atom is 0.115 e. The van der Waals surface area contributed by atoms with Crippen molar-refractivity contribution in [1.82, 2.24) is 0 Å². The summed E-state index contributed by atoms with van der Waals surface area (Å²) in [7, 11) is 0. The van der Waals surface area contributed by atoms with E-state index in [-0.39, 0.29) is 5.92 Å². The molecule has 1 atom stereocenters. The highest BCUT2D eigenvalue weighted by Crippen LogP contribution is 2.40.